The van der Waals surface area contributed by atoms with Gasteiger partial charge in [0.1, 0.15) is 12.7 Å². The number of nitrogens with one attached hydrogen (secondary N) is 1. The van der Waals surface area contributed by atoms with Gasteiger partial charge in [-0.25, -0.2) is 14.6 Å². The van der Waals surface area contributed by atoms with Gasteiger partial charge in [0.25, 0.3) is 5.91 Å². The Morgan fingerprint density at radius 1 is 1.24 bits per heavy atom. The average molecular weight is 336 g/mol. The number of likely N-dealkylation sites (N-methyl/N-ethyl adjacent to an activating group) is 1. The second kappa shape index (κ2) is 7.67. The molecule has 0 saturated carbocycles. The molecule has 1 amide bonds. The van der Waals surface area contributed by atoms with Crippen molar-refractivity contribution in [1.82, 2.24) is 30.0 Å². The third-order valence-electron chi connectivity index (χ3n) is 3.92. The summed E-state index contributed by atoms with van der Waals surface area (Å²) in [5.41, 5.74) is 1.69. The molecule has 7 heteroatoms. The minimum Gasteiger partial charge on any atom is -0.350 e. The molecular formula is C18H20N6O. The van der Waals surface area contributed by atoms with E-state index in [1.165, 1.54) is 11.0 Å². The van der Waals surface area contributed by atoms with Crippen LogP contribution >= 0.6 is 0 Å². The molecule has 0 fully saturated rings. The van der Waals surface area contributed by atoms with E-state index in [0.29, 0.717) is 17.9 Å². The van der Waals surface area contributed by atoms with Crippen molar-refractivity contribution in [2.24, 2.45) is 0 Å². The monoisotopic (exact) mass is 336 g/mol. The van der Waals surface area contributed by atoms with E-state index in [0.717, 1.165) is 5.56 Å². The standard InChI is InChI=1S/C18H20N6O/c1-23(2)16(14-6-4-3-5-7-14)11-21-18(25)15-8-9-20-17(10-15)24-13-19-12-22-24/h3-10,12-13,16H,11H2,1-2H3,(H,21,25). The normalized spacial score (nSPS) is 12.1. The van der Waals surface area contributed by atoms with Crippen LogP contribution in [0.1, 0.15) is 22.0 Å². The average Bonchev–Trinajstić information content (AvgIpc) is 3.17. The maximum Gasteiger partial charge on any atom is 0.251 e. The number of rotatable bonds is 6. The van der Waals surface area contributed by atoms with Crippen LogP contribution in [0.4, 0.5) is 0 Å². The summed E-state index contributed by atoms with van der Waals surface area (Å²) in [4.78, 5) is 22.7. The van der Waals surface area contributed by atoms with Crippen molar-refractivity contribution in [1.29, 1.82) is 0 Å². The van der Waals surface area contributed by atoms with Crippen LogP contribution in [0.2, 0.25) is 0 Å². The Bertz CT molecular complexity index is 817. The lowest BCUT2D eigenvalue weighted by Crippen LogP contribution is -2.34. The van der Waals surface area contributed by atoms with E-state index in [-0.39, 0.29) is 11.9 Å². The van der Waals surface area contributed by atoms with Gasteiger partial charge in [0.15, 0.2) is 5.82 Å². The first kappa shape index (κ1) is 16.8. The third-order valence-corrected chi connectivity index (χ3v) is 3.92. The molecule has 1 N–H and O–H groups in total. The van der Waals surface area contributed by atoms with E-state index in [4.69, 9.17) is 0 Å². The molecule has 2 heterocycles. The number of carbonyl (C=O) groups is 1. The highest BCUT2D eigenvalue weighted by Gasteiger charge is 2.16. The molecule has 0 spiro atoms. The third kappa shape index (κ3) is 4.07. The summed E-state index contributed by atoms with van der Waals surface area (Å²) in [6, 6.07) is 13.6. The van der Waals surface area contributed by atoms with Crippen molar-refractivity contribution in [3.05, 3.63) is 72.4 Å². The highest BCUT2D eigenvalue weighted by atomic mass is 16.1. The summed E-state index contributed by atoms with van der Waals surface area (Å²) in [7, 11) is 4.00. The molecule has 0 saturated heterocycles. The smallest absolute Gasteiger partial charge is 0.251 e. The summed E-state index contributed by atoms with van der Waals surface area (Å²) in [5.74, 6) is 0.406. The maximum absolute atomic E-state index is 12.5. The Morgan fingerprint density at radius 2 is 2.04 bits per heavy atom. The molecule has 1 unspecified atom stereocenters. The predicted molar refractivity (Wildman–Crippen MR) is 94.4 cm³/mol. The first-order chi connectivity index (χ1) is 12.1. The highest BCUT2D eigenvalue weighted by Crippen LogP contribution is 2.17. The van der Waals surface area contributed by atoms with Gasteiger partial charge in [0.05, 0.1) is 6.04 Å². The van der Waals surface area contributed by atoms with E-state index in [2.05, 4.69) is 37.4 Å². The zero-order valence-electron chi connectivity index (χ0n) is 14.2. The number of aromatic nitrogens is 4. The molecule has 0 bridgehead atoms. The largest absolute Gasteiger partial charge is 0.350 e. The van der Waals surface area contributed by atoms with E-state index < -0.39 is 0 Å². The van der Waals surface area contributed by atoms with Gasteiger partial charge in [-0.05, 0) is 31.8 Å². The van der Waals surface area contributed by atoms with Crippen LogP contribution in [0.5, 0.6) is 0 Å². The number of hydrogen-bond acceptors (Lipinski definition) is 5. The summed E-state index contributed by atoms with van der Waals surface area (Å²) >= 11 is 0. The second-order valence-electron chi connectivity index (χ2n) is 5.84. The van der Waals surface area contributed by atoms with Gasteiger partial charge in [-0.3, -0.25) is 4.79 Å². The van der Waals surface area contributed by atoms with Crippen molar-refractivity contribution in [3.63, 3.8) is 0 Å². The molecule has 3 aromatic rings. The zero-order valence-corrected chi connectivity index (χ0v) is 14.2. The van der Waals surface area contributed by atoms with Gasteiger partial charge in [0, 0.05) is 18.3 Å². The molecule has 2 aromatic heterocycles. The second-order valence-corrected chi connectivity index (χ2v) is 5.84. The molecule has 128 valence electrons. The summed E-state index contributed by atoms with van der Waals surface area (Å²) < 4.78 is 1.52. The molecule has 0 aliphatic rings. The van der Waals surface area contributed by atoms with Crippen molar-refractivity contribution < 1.29 is 4.79 Å². The lowest BCUT2D eigenvalue weighted by atomic mass is 10.1. The van der Waals surface area contributed by atoms with Gasteiger partial charge in [-0.2, -0.15) is 5.10 Å². The quantitative estimate of drug-likeness (QED) is 0.741. The Balaban J connectivity index is 1.71. The number of nitrogens with zero attached hydrogens (tertiary/aromatic N) is 5. The molecule has 0 radical (unpaired) electrons. The van der Waals surface area contributed by atoms with E-state index in [9.17, 15) is 4.79 Å². The molecule has 7 nitrogen and oxygen atoms in total. The van der Waals surface area contributed by atoms with E-state index >= 15 is 0 Å². The Kier molecular flexibility index (Phi) is 5.15. The van der Waals surface area contributed by atoms with Crippen molar-refractivity contribution in [2.45, 2.75) is 6.04 Å². The predicted octanol–water partition coefficient (Wildman–Crippen LogP) is 1.69. The van der Waals surface area contributed by atoms with E-state index in [1.54, 1.807) is 24.7 Å². The lowest BCUT2D eigenvalue weighted by Gasteiger charge is -2.25. The number of carbonyl (C=O) groups excluding carboxylic acids is 1. The lowest BCUT2D eigenvalue weighted by molar-refractivity contribution is 0.0941. The molecule has 25 heavy (non-hydrogen) atoms. The summed E-state index contributed by atoms with van der Waals surface area (Å²) in [6.07, 6.45) is 4.56. The minimum atomic E-state index is -0.147. The summed E-state index contributed by atoms with van der Waals surface area (Å²) in [6.45, 7) is 0.511. The van der Waals surface area contributed by atoms with E-state index in [1.807, 2.05) is 32.3 Å². The van der Waals surface area contributed by atoms with Crippen molar-refractivity contribution in [3.8, 4) is 5.82 Å². The summed E-state index contributed by atoms with van der Waals surface area (Å²) in [5, 5.41) is 7.03. The topological polar surface area (TPSA) is 75.9 Å². The van der Waals surface area contributed by atoms with Crippen LogP contribution in [0, 0.1) is 0 Å². The highest BCUT2D eigenvalue weighted by molar-refractivity contribution is 5.94. The van der Waals surface area contributed by atoms with Gasteiger partial charge >= 0.3 is 0 Å². The Hall–Kier alpha value is -3.06. The van der Waals surface area contributed by atoms with Crippen LogP contribution in [0.3, 0.4) is 0 Å². The first-order valence-corrected chi connectivity index (χ1v) is 7.96. The maximum atomic E-state index is 12.5. The Labute approximate surface area is 146 Å². The zero-order chi connectivity index (χ0) is 17.6. The molecule has 1 aromatic carbocycles. The SMILES string of the molecule is CN(C)C(CNC(=O)c1ccnc(-n2cncn2)c1)c1ccccc1. The number of hydrogen-bond donors (Lipinski definition) is 1. The van der Waals surface area contributed by atoms with Gasteiger partial charge in [-0.1, -0.05) is 30.3 Å². The number of pyridine rings is 1. The van der Waals surface area contributed by atoms with Crippen LogP contribution in [-0.4, -0.2) is 51.2 Å². The fourth-order valence-corrected chi connectivity index (χ4v) is 2.58. The van der Waals surface area contributed by atoms with Crippen LogP contribution < -0.4 is 5.32 Å². The van der Waals surface area contributed by atoms with Crippen molar-refractivity contribution in [2.75, 3.05) is 20.6 Å². The number of benzene rings is 1. The fraction of sp³-hybridized carbons (Fsp3) is 0.222. The molecule has 0 aliphatic carbocycles. The van der Waals surface area contributed by atoms with Crippen LogP contribution in [0.25, 0.3) is 5.82 Å². The van der Waals surface area contributed by atoms with Gasteiger partial charge in [-0.15, -0.1) is 0 Å². The first-order valence-electron chi connectivity index (χ1n) is 7.96. The molecule has 3 rings (SSSR count). The van der Waals surface area contributed by atoms with Crippen molar-refractivity contribution >= 4 is 5.91 Å². The van der Waals surface area contributed by atoms with Crippen LogP contribution in [-0.2, 0) is 0 Å². The molecular weight excluding hydrogens is 316 g/mol. The minimum absolute atomic E-state index is 0.0989. The fourth-order valence-electron chi connectivity index (χ4n) is 2.58. The number of amides is 1. The van der Waals surface area contributed by atoms with Gasteiger partial charge in [0.2, 0.25) is 0 Å². The Morgan fingerprint density at radius 3 is 2.72 bits per heavy atom. The molecule has 1 atom stereocenters. The van der Waals surface area contributed by atoms with Crippen LogP contribution in [0.15, 0.2) is 61.3 Å². The van der Waals surface area contributed by atoms with Gasteiger partial charge < -0.3 is 10.2 Å². The molecule has 0 aliphatic heterocycles.